The molecule has 1 aliphatic heterocycles. The van der Waals surface area contributed by atoms with E-state index in [0.717, 1.165) is 31.5 Å². The lowest BCUT2D eigenvalue weighted by Crippen LogP contribution is -2.46. The molecule has 1 amide bonds. The van der Waals surface area contributed by atoms with Crippen LogP contribution in [0, 0.1) is 6.92 Å². The Labute approximate surface area is 139 Å². The van der Waals surface area contributed by atoms with Gasteiger partial charge in [-0.25, -0.2) is 9.50 Å². The highest BCUT2D eigenvalue weighted by atomic mass is 16.2. The summed E-state index contributed by atoms with van der Waals surface area (Å²) in [6, 6.07) is 3.86. The van der Waals surface area contributed by atoms with Crippen molar-refractivity contribution in [2.75, 3.05) is 6.54 Å². The summed E-state index contributed by atoms with van der Waals surface area (Å²) in [6.45, 7) is 3.34. The molecule has 0 aliphatic carbocycles. The number of hydrogen-bond donors (Lipinski definition) is 0. The van der Waals surface area contributed by atoms with Gasteiger partial charge < -0.3 is 4.90 Å². The van der Waals surface area contributed by atoms with Crippen LogP contribution in [0.2, 0.25) is 0 Å². The molecular formula is C16H19N7O. The molecule has 0 saturated carbocycles. The van der Waals surface area contributed by atoms with E-state index in [9.17, 15) is 4.79 Å². The van der Waals surface area contributed by atoms with Gasteiger partial charge in [0.15, 0.2) is 0 Å². The molecule has 4 heterocycles. The summed E-state index contributed by atoms with van der Waals surface area (Å²) in [6.07, 6.45) is 8.45. The predicted octanol–water partition coefficient (Wildman–Crippen LogP) is 1.32. The first-order valence-corrected chi connectivity index (χ1v) is 8.19. The van der Waals surface area contributed by atoms with E-state index in [-0.39, 0.29) is 17.8 Å². The number of fused-ring (bicyclic) bond motifs is 1. The number of rotatable bonds is 3. The molecule has 4 rings (SSSR count). The van der Waals surface area contributed by atoms with E-state index in [1.165, 1.54) is 0 Å². The van der Waals surface area contributed by atoms with Gasteiger partial charge in [-0.1, -0.05) is 0 Å². The minimum Gasteiger partial charge on any atom is -0.331 e. The van der Waals surface area contributed by atoms with Crippen LogP contribution in [0.25, 0.3) is 5.78 Å². The minimum absolute atomic E-state index is 0.117. The third-order valence-electron chi connectivity index (χ3n) is 4.47. The number of hydrogen-bond acceptors (Lipinski definition) is 5. The Hall–Kier alpha value is -2.77. The van der Waals surface area contributed by atoms with Crippen molar-refractivity contribution in [3.8, 4) is 0 Å². The first kappa shape index (κ1) is 14.8. The van der Waals surface area contributed by atoms with E-state index >= 15 is 0 Å². The number of carbonyl (C=O) groups excluding carboxylic acids is 1. The molecule has 3 aromatic heterocycles. The Morgan fingerprint density at radius 1 is 1.33 bits per heavy atom. The van der Waals surface area contributed by atoms with Gasteiger partial charge in [0, 0.05) is 30.8 Å². The fraction of sp³-hybridized carbons (Fsp3) is 0.438. The van der Waals surface area contributed by atoms with Crippen molar-refractivity contribution in [1.29, 1.82) is 0 Å². The molecule has 0 N–H and O–H groups in total. The second-order valence-corrected chi connectivity index (χ2v) is 6.11. The van der Waals surface area contributed by atoms with Gasteiger partial charge >= 0.3 is 0 Å². The summed E-state index contributed by atoms with van der Waals surface area (Å²) in [4.78, 5) is 23.3. The second kappa shape index (κ2) is 6.03. The van der Waals surface area contributed by atoms with Crippen LogP contribution < -0.4 is 0 Å². The van der Waals surface area contributed by atoms with Gasteiger partial charge in [-0.2, -0.15) is 10.1 Å². The number of nitrogens with zero attached hydrogens (tertiary/aromatic N) is 7. The largest absolute Gasteiger partial charge is 0.331 e. The van der Waals surface area contributed by atoms with Crippen LogP contribution in [-0.4, -0.2) is 52.8 Å². The molecule has 8 heteroatoms. The van der Waals surface area contributed by atoms with Crippen LogP contribution in [0.5, 0.6) is 0 Å². The predicted molar refractivity (Wildman–Crippen MR) is 86.4 cm³/mol. The summed E-state index contributed by atoms with van der Waals surface area (Å²) in [5.74, 6) is 0.542. The molecular weight excluding hydrogens is 306 g/mol. The highest BCUT2D eigenvalue weighted by Gasteiger charge is 2.30. The maximum Gasteiger partial charge on any atom is 0.293 e. The molecule has 0 radical (unpaired) electrons. The first-order chi connectivity index (χ1) is 11.7. The molecule has 1 saturated heterocycles. The molecule has 1 unspecified atom stereocenters. The van der Waals surface area contributed by atoms with Crippen LogP contribution in [-0.2, 0) is 6.54 Å². The Kier molecular flexibility index (Phi) is 3.72. The Morgan fingerprint density at radius 2 is 2.25 bits per heavy atom. The fourth-order valence-electron chi connectivity index (χ4n) is 3.21. The molecule has 24 heavy (non-hydrogen) atoms. The number of amides is 1. The van der Waals surface area contributed by atoms with Crippen LogP contribution in [0.3, 0.4) is 0 Å². The van der Waals surface area contributed by atoms with Crippen LogP contribution in [0.4, 0.5) is 0 Å². The molecule has 0 bridgehead atoms. The highest BCUT2D eigenvalue weighted by molar-refractivity contribution is 5.91. The normalized spacial score (nSPS) is 18.2. The lowest BCUT2D eigenvalue weighted by atomic mass is 10.0. The van der Waals surface area contributed by atoms with Crippen LogP contribution >= 0.6 is 0 Å². The van der Waals surface area contributed by atoms with Crippen molar-refractivity contribution in [2.45, 2.75) is 38.8 Å². The van der Waals surface area contributed by atoms with E-state index in [2.05, 4.69) is 20.2 Å². The maximum absolute atomic E-state index is 12.9. The van der Waals surface area contributed by atoms with Gasteiger partial charge in [-0.15, -0.1) is 5.10 Å². The third kappa shape index (κ3) is 2.64. The summed E-state index contributed by atoms with van der Waals surface area (Å²) in [5.41, 5.74) is 0.901. The quantitative estimate of drug-likeness (QED) is 0.725. The van der Waals surface area contributed by atoms with Gasteiger partial charge in [0.1, 0.15) is 0 Å². The summed E-state index contributed by atoms with van der Waals surface area (Å²) >= 11 is 0. The monoisotopic (exact) mass is 325 g/mol. The zero-order chi connectivity index (χ0) is 16.5. The molecule has 3 aromatic rings. The third-order valence-corrected chi connectivity index (χ3v) is 4.47. The first-order valence-electron chi connectivity index (χ1n) is 8.19. The SMILES string of the molecule is Cc1ccnc2nc(C(=O)N3CCCCC3Cn3cccn3)nn12. The zero-order valence-corrected chi connectivity index (χ0v) is 13.5. The van der Waals surface area contributed by atoms with Crippen molar-refractivity contribution < 1.29 is 4.79 Å². The zero-order valence-electron chi connectivity index (χ0n) is 13.5. The maximum atomic E-state index is 12.9. The second-order valence-electron chi connectivity index (χ2n) is 6.11. The molecule has 8 nitrogen and oxygen atoms in total. The summed E-state index contributed by atoms with van der Waals surface area (Å²) < 4.78 is 3.48. The summed E-state index contributed by atoms with van der Waals surface area (Å²) in [7, 11) is 0. The van der Waals surface area contributed by atoms with E-state index in [1.807, 2.05) is 34.8 Å². The van der Waals surface area contributed by atoms with Gasteiger partial charge in [0.25, 0.3) is 11.7 Å². The number of carbonyl (C=O) groups is 1. The standard InChI is InChI=1S/C16H19N7O/c1-12-6-8-17-16-19-14(20-23(12)16)15(24)22-10-3-2-5-13(22)11-21-9-4-7-18-21/h4,6-9,13H,2-3,5,10-11H2,1H3. The average Bonchev–Trinajstić information content (AvgIpc) is 3.25. The summed E-state index contributed by atoms with van der Waals surface area (Å²) in [5, 5.41) is 8.60. The molecule has 1 atom stereocenters. The number of aryl methyl sites for hydroxylation is 1. The topological polar surface area (TPSA) is 81.2 Å². The lowest BCUT2D eigenvalue weighted by Gasteiger charge is -2.34. The van der Waals surface area contributed by atoms with Gasteiger partial charge in [0.2, 0.25) is 5.82 Å². The molecule has 0 spiro atoms. The fourth-order valence-corrected chi connectivity index (χ4v) is 3.21. The molecule has 1 aliphatic rings. The van der Waals surface area contributed by atoms with Crippen molar-refractivity contribution in [2.24, 2.45) is 0 Å². The number of piperidine rings is 1. The van der Waals surface area contributed by atoms with Crippen LogP contribution in [0.1, 0.15) is 35.6 Å². The van der Waals surface area contributed by atoms with Crippen molar-refractivity contribution >= 4 is 11.7 Å². The van der Waals surface area contributed by atoms with Crippen molar-refractivity contribution in [1.82, 2.24) is 34.3 Å². The van der Waals surface area contributed by atoms with Gasteiger partial charge in [-0.3, -0.25) is 9.48 Å². The molecule has 124 valence electrons. The average molecular weight is 325 g/mol. The van der Waals surface area contributed by atoms with Crippen molar-refractivity contribution in [3.05, 3.63) is 42.2 Å². The number of likely N-dealkylation sites (tertiary alicyclic amines) is 1. The molecule has 1 fully saturated rings. The van der Waals surface area contributed by atoms with E-state index in [4.69, 9.17) is 0 Å². The van der Waals surface area contributed by atoms with Gasteiger partial charge in [-0.05, 0) is 38.3 Å². The van der Waals surface area contributed by atoms with E-state index < -0.39 is 0 Å². The highest BCUT2D eigenvalue weighted by Crippen LogP contribution is 2.20. The number of aromatic nitrogens is 6. The Morgan fingerprint density at radius 3 is 3.04 bits per heavy atom. The lowest BCUT2D eigenvalue weighted by molar-refractivity contribution is 0.0571. The van der Waals surface area contributed by atoms with E-state index in [1.54, 1.807) is 16.9 Å². The minimum atomic E-state index is -0.128. The van der Waals surface area contributed by atoms with Crippen LogP contribution in [0.15, 0.2) is 30.7 Å². The van der Waals surface area contributed by atoms with Crippen molar-refractivity contribution in [3.63, 3.8) is 0 Å². The Bertz CT molecular complexity index is 855. The smallest absolute Gasteiger partial charge is 0.293 e. The molecule has 0 aromatic carbocycles. The Balaban J connectivity index is 1.61. The van der Waals surface area contributed by atoms with E-state index in [0.29, 0.717) is 12.3 Å². The van der Waals surface area contributed by atoms with Gasteiger partial charge in [0.05, 0.1) is 12.6 Å².